The Morgan fingerprint density at radius 2 is 1.84 bits per heavy atom. The average molecular weight is 347 g/mol. The summed E-state index contributed by atoms with van der Waals surface area (Å²) >= 11 is 0. The summed E-state index contributed by atoms with van der Waals surface area (Å²) in [6.07, 6.45) is 6.83. The molecule has 1 aromatic rings. The molecule has 1 fully saturated rings. The zero-order valence-corrected chi connectivity index (χ0v) is 14.7. The highest BCUT2D eigenvalue weighted by Gasteiger charge is 2.27. The van der Waals surface area contributed by atoms with Crippen molar-refractivity contribution in [1.82, 2.24) is 4.90 Å². The van der Waals surface area contributed by atoms with Crippen molar-refractivity contribution in [2.45, 2.75) is 51.0 Å². The van der Waals surface area contributed by atoms with Crippen molar-refractivity contribution < 1.29 is 23.8 Å². The van der Waals surface area contributed by atoms with Gasteiger partial charge in [-0.3, -0.25) is 9.59 Å². The van der Waals surface area contributed by atoms with E-state index in [2.05, 4.69) is 0 Å². The fraction of sp³-hybridized carbons (Fsp3) is 0.579. The number of carbonyl (C=O) groups is 2. The summed E-state index contributed by atoms with van der Waals surface area (Å²) in [6, 6.07) is 5.43. The summed E-state index contributed by atoms with van der Waals surface area (Å²) in [6.45, 7) is 0.562. The molecule has 0 unspecified atom stereocenters. The molecule has 1 amide bonds. The van der Waals surface area contributed by atoms with Gasteiger partial charge in [-0.1, -0.05) is 25.7 Å². The molecule has 136 valence electrons. The maximum Gasteiger partial charge on any atom is 0.307 e. The zero-order chi connectivity index (χ0) is 17.6. The third kappa shape index (κ3) is 4.24. The number of ether oxygens (including phenoxy) is 3. The number of fused-ring (bicyclic) bond motifs is 1. The van der Waals surface area contributed by atoms with Crippen molar-refractivity contribution in [3.63, 3.8) is 0 Å². The van der Waals surface area contributed by atoms with E-state index in [9.17, 15) is 9.59 Å². The van der Waals surface area contributed by atoms with E-state index in [-0.39, 0.29) is 31.1 Å². The molecule has 0 N–H and O–H groups in total. The van der Waals surface area contributed by atoms with E-state index in [1.165, 1.54) is 20.0 Å². The molecule has 1 aliphatic carbocycles. The van der Waals surface area contributed by atoms with Crippen molar-refractivity contribution in [1.29, 1.82) is 0 Å². The van der Waals surface area contributed by atoms with E-state index < -0.39 is 0 Å². The largest absolute Gasteiger partial charge is 0.469 e. The van der Waals surface area contributed by atoms with Crippen molar-refractivity contribution in [2.24, 2.45) is 0 Å². The van der Waals surface area contributed by atoms with Gasteiger partial charge in [0.05, 0.1) is 13.5 Å². The van der Waals surface area contributed by atoms with Gasteiger partial charge < -0.3 is 19.1 Å². The van der Waals surface area contributed by atoms with Crippen molar-refractivity contribution in [3.05, 3.63) is 23.8 Å². The van der Waals surface area contributed by atoms with Gasteiger partial charge in [0.2, 0.25) is 6.79 Å². The molecule has 0 saturated heterocycles. The molecule has 6 heteroatoms. The van der Waals surface area contributed by atoms with Crippen LogP contribution >= 0.6 is 0 Å². The zero-order valence-electron chi connectivity index (χ0n) is 14.7. The molecule has 0 aromatic heterocycles. The summed E-state index contributed by atoms with van der Waals surface area (Å²) in [4.78, 5) is 26.6. The Hall–Kier alpha value is -2.24. The number of esters is 1. The van der Waals surface area contributed by atoms with Crippen molar-refractivity contribution in [2.75, 3.05) is 20.4 Å². The monoisotopic (exact) mass is 347 g/mol. The number of methoxy groups -OCH3 is 1. The van der Waals surface area contributed by atoms with Gasteiger partial charge in [-0.2, -0.15) is 0 Å². The Balaban J connectivity index is 1.78. The minimum atomic E-state index is -0.294. The van der Waals surface area contributed by atoms with Crippen LogP contribution in [0.1, 0.15) is 55.3 Å². The van der Waals surface area contributed by atoms with Crippen LogP contribution in [-0.4, -0.2) is 43.3 Å². The molecule has 1 aromatic carbocycles. The lowest BCUT2D eigenvalue weighted by molar-refractivity contribution is -0.140. The molecular weight excluding hydrogens is 322 g/mol. The van der Waals surface area contributed by atoms with Gasteiger partial charge in [0, 0.05) is 18.2 Å². The summed E-state index contributed by atoms with van der Waals surface area (Å²) in [7, 11) is 1.37. The van der Waals surface area contributed by atoms with E-state index in [4.69, 9.17) is 14.2 Å². The van der Waals surface area contributed by atoms with Crippen LogP contribution in [0.2, 0.25) is 0 Å². The summed E-state index contributed by atoms with van der Waals surface area (Å²) in [5.41, 5.74) is 0.568. The fourth-order valence-corrected chi connectivity index (χ4v) is 3.53. The fourth-order valence-electron chi connectivity index (χ4n) is 3.53. The Morgan fingerprint density at radius 3 is 2.56 bits per heavy atom. The summed E-state index contributed by atoms with van der Waals surface area (Å²) in [5, 5.41) is 0. The van der Waals surface area contributed by atoms with Crippen molar-refractivity contribution >= 4 is 11.9 Å². The smallest absolute Gasteiger partial charge is 0.307 e. The lowest BCUT2D eigenvalue weighted by Crippen LogP contribution is -2.41. The molecule has 3 rings (SSSR count). The van der Waals surface area contributed by atoms with Gasteiger partial charge in [-0.05, 0) is 31.0 Å². The number of amides is 1. The van der Waals surface area contributed by atoms with Crippen LogP contribution in [0.25, 0.3) is 0 Å². The lowest BCUT2D eigenvalue weighted by atomic mass is 10.0. The van der Waals surface area contributed by atoms with E-state index in [0.29, 0.717) is 23.6 Å². The number of benzene rings is 1. The predicted molar refractivity (Wildman–Crippen MR) is 91.7 cm³/mol. The number of carbonyl (C=O) groups excluding carboxylic acids is 2. The molecular formula is C19H25NO5. The predicted octanol–water partition coefficient (Wildman–Crippen LogP) is 3.14. The first kappa shape index (κ1) is 17.6. The second-order valence-corrected chi connectivity index (χ2v) is 6.54. The van der Waals surface area contributed by atoms with Gasteiger partial charge in [-0.25, -0.2) is 0 Å². The molecule has 1 aliphatic heterocycles. The Morgan fingerprint density at radius 1 is 1.12 bits per heavy atom. The second-order valence-electron chi connectivity index (χ2n) is 6.54. The second kappa shape index (κ2) is 8.23. The maximum atomic E-state index is 13.1. The number of rotatable bonds is 5. The highest BCUT2D eigenvalue weighted by molar-refractivity contribution is 5.95. The third-order valence-corrected chi connectivity index (χ3v) is 4.93. The number of hydrogen-bond donors (Lipinski definition) is 0. The minimum Gasteiger partial charge on any atom is -0.469 e. The van der Waals surface area contributed by atoms with Gasteiger partial charge in [-0.15, -0.1) is 0 Å². The molecule has 25 heavy (non-hydrogen) atoms. The van der Waals surface area contributed by atoms with Crippen LogP contribution < -0.4 is 9.47 Å². The Kier molecular flexibility index (Phi) is 5.79. The van der Waals surface area contributed by atoms with Crippen LogP contribution in [0.15, 0.2) is 18.2 Å². The number of hydrogen-bond acceptors (Lipinski definition) is 5. The van der Waals surface area contributed by atoms with Gasteiger partial charge >= 0.3 is 5.97 Å². The summed E-state index contributed by atoms with van der Waals surface area (Å²) < 4.78 is 15.4. The van der Waals surface area contributed by atoms with Crippen LogP contribution in [0.4, 0.5) is 0 Å². The lowest BCUT2D eigenvalue weighted by Gasteiger charge is -2.31. The van der Waals surface area contributed by atoms with Gasteiger partial charge in [0.1, 0.15) is 0 Å². The van der Waals surface area contributed by atoms with Crippen LogP contribution in [0.5, 0.6) is 11.5 Å². The summed E-state index contributed by atoms with van der Waals surface area (Å²) in [5.74, 6) is 0.901. The quantitative estimate of drug-likeness (QED) is 0.605. The topological polar surface area (TPSA) is 65.1 Å². The van der Waals surface area contributed by atoms with Crippen LogP contribution in [0, 0.1) is 0 Å². The third-order valence-electron chi connectivity index (χ3n) is 4.93. The molecule has 0 atom stereocenters. The molecule has 0 spiro atoms. The van der Waals surface area contributed by atoms with Gasteiger partial charge in [0.25, 0.3) is 5.91 Å². The van der Waals surface area contributed by atoms with E-state index in [1.807, 2.05) is 4.90 Å². The Bertz CT molecular complexity index is 622. The molecule has 2 aliphatic rings. The first-order valence-corrected chi connectivity index (χ1v) is 8.96. The molecule has 6 nitrogen and oxygen atoms in total. The first-order chi connectivity index (χ1) is 12.2. The minimum absolute atomic E-state index is 0.0610. The SMILES string of the molecule is COC(=O)CCN(C(=O)c1ccc2c(c1)OCO2)C1CCCCCC1. The van der Waals surface area contributed by atoms with Gasteiger partial charge in [0.15, 0.2) is 11.5 Å². The van der Waals surface area contributed by atoms with E-state index in [0.717, 1.165) is 25.7 Å². The van der Waals surface area contributed by atoms with E-state index in [1.54, 1.807) is 18.2 Å². The molecule has 0 radical (unpaired) electrons. The normalized spacial score (nSPS) is 17.0. The highest BCUT2D eigenvalue weighted by Crippen LogP contribution is 2.33. The van der Waals surface area contributed by atoms with E-state index >= 15 is 0 Å². The molecule has 1 heterocycles. The molecule has 1 saturated carbocycles. The Labute approximate surface area is 148 Å². The maximum absolute atomic E-state index is 13.1. The van der Waals surface area contributed by atoms with Crippen LogP contribution in [-0.2, 0) is 9.53 Å². The van der Waals surface area contributed by atoms with Crippen molar-refractivity contribution in [3.8, 4) is 11.5 Å². The standard InChI is InChI=1S/C19H25NO5/c1-23-18(21)10-11-20(15-6-4-2-3-5-7-15)19(22)14-8-9-16-17(12-14)25-13-24-16/h8-9,12,15H,2-7,10-11,13H2,1H3. The van der Waals surface area contributed by atoms with Crippen LogP contribution in [0.3, 0.4) is 0 Å². The molecule has 0 bridgehead atoms. The first-order valence-electron chi connectivity index (χ1n) is 8.96. The highest BCUT2D eigenvalue weighted by atomic mass is 16.7. The average Bonchev–Trinajstić information content (AvgIpc) is 2.94. The number of nitrogens with zero attached hydrogens (tertiary/aromatic N) is 1.